The SMILES string of the molecule is NC(=O)CC[C@@H](NC(=O)C1CC2CCC1C2)C(=O)O. The van der Waals surface area contributed by atoms with Crippen LogP contribution >= 0.6 is 0 Å². The van der Waals surface area contributed by atoms with Crippen LogP contribution in [0.15, 0.2) is 0 Å². The van der Waals surface area contributed by atoms with Gasteiger partial charge in [0.2, 0.25) is 11.8 Å². The predicted octanol–water partition coefficient (Wildman–Crippen LogP) is 0.257. The number of carbonyl (C=O) groups is 3. The molecule has 0 radical (unpaired) electrons. The Balaban J connectivity index is 1.88. The lowest BCUT2D eigenvalue weighted by atomic mass is 9.88. The zero-order valence-electron chi connectivity index (χ0n) is 10.8. The molecule has 6 heteroatoms. The zero-order valence-corrected chi connectivity index (χ0v) is 10.8. The van der Waals surface area contributed by atoms with E-state index in [1.807, 2.05) is 0 Å². The predicted molar refractivity (Wildman–Crippen MR) is 66.9 cm³/mol. The highest BCUT2D eigenvalue weighted by Crippen LogP contribution is 2.48. The van der Waals surface area contributed by atoms with E-state index < -0.39 is 17.9 Å². The molecule has 2 fully saturated rings. The normalized spacial score (nSPS) is 30.0. The molecule has 2 aliphatic rings. The van der Waals surface area contributed by atoms with Crippen molar-refractivity contribution in [1.82, 2.24) is 5.32 Å². The van der Waals surface area contributed by atoms with E-state index in [4.69, 9.17) is 10.8 Å². The number of fused-ring (bicyclic) bond motifs is 2. The first-order valence-corrected chi connectivity index (χ1v) is 6.79. The first-order chi connectivity index (χ1) is 8.97. The Hall–Kier alpha value is -1.59. The highest BCUT2D eigenvalue weighted by atomic mass is 16.4. The third kappa shape index (κ3) is 3.24. The summed E-state index contributed by atoms with van der Waals surface area (Å²) in [5.74, 6) is -0.846. The van der Waals surface area contributed by atoms with Gasteiger partial charge in [-0.2, -0.15) is 0 Å². The first-order valence-electron chi connectivity index (χ1n) is 6.79. The van der Waals surface area contributed by atoms with Gasteiger partial charge in [-0.25, -0.2) is 4.79 Å². The lowest BCUT2D eigenvalue weighted by Crippen LogP contribution is -2.45. The van der Waals surface area contributed by atoms with Gasteiger partial charge in [-0.05, 0) is 37.5 Å². The van der Waals surface area contributed by atoms with Crippen molar-refractivity contribution in [2.45, 2.75) is 44.6 Å². The van der Waals surface area contributed by atoms with Gasteiger partial charge in [-0.3, -0.25) is 9.59 Å². The summed E-state index contributed by atoms with van der Waals surface area (Å²) in [4.78, 5) is 33.8. The lowest BCUT2D eigenvalue weighted by molar-refractivity contribution is -0.143. The number of primary amides is 1. The molecule has 4 atom stereocenters. The summed E-state index contributed by atoms with van der Waals surface area (Å²) in [5, 5.41) is 11.6. The molecule has 0 aromatic carbocycles. The number of carboxylic acids is 1. The highest BCUT2D eigenvalue weighted by Gasteiger charge is 2.43. The molecule has 0 aliphatic heterocycles. The number of hydrogen-bond donors (Lipinski definition) is 3. The number of carboxylic acid groups (broad SMARTS) is 1. The molecule has 0 aromatic rings. The summed E-state index contributed by atoms with van der Waals surface area (Å²) in [7, 11) is 0. The zero-order chi connectivity index (χ0) is 14.0. The number of nitrogens with two attached hydrogens (primary N) is 1. The van der Waals surface area contributed by atoms with Crippen LogP contribution in [0.5, 0.6) is 0 Å². The molecule has 2 saturated carbocycles. The molecule has 6 nitrogen and oxygen atoms in total. The van der Waals surface area contributed by atoms with Crippen LogP contribution in [0.3, 0.4) is 0 Å². The van der Waals surface area contributed by atoms with Crippen LogP contribution in [0, 0.1) is 17.8 Å². The van der Waals surface area contributed by atoms with E-state index in [-0.39, 0.29) is 24.7 Å². The van der Waals surface area contributed by atoms with Gasteiger partial charge in [-0.15, -0.1) is 0 Å². The molecule has 2 amide bonds. The number of aliphatic carboxylic acids is 1. The number of nitrogens with one attached hydrogen (secondary N) is 1. The van der Waals surface area contributed by atoms with Crippen LogP contribution in [-0.4, -0.2) is 28.9 Å². The molecule has 106 valence electrons. The van der Waals surface area contributed by atoms with Gasteiger partial charge in [0.15, 0.2) is 0 Å². The van der Waals surface area contributed by atoms with Crippen LogP contribution in [0.25, 0.3) is 0 Å². The van der Waals surface area contributed by atoms with Crippen molar-refractivity contribution < 1.29 is 19.5 Å². The van der Waals surface area contributed by atoms with E-state index in [1.54, 1.807) is 0 Å². The molecule has 4 N–H and O–H groups in total. The maximum atomic E-state index is 12.1. The van der Waals surface area contributed by atoms with Crippen molar-refractivity contribution in [3.8, 4) is 0 Å². The summed E-state index contributed by atoms with van der Waals surface area (Å²) in [5.41, 5.74) is 5.00. The number of amides is 2. The van der Waals surface area contributed by atoms with Crippen LogP contribution in [0.1, 0.15) is 38.5 Å². The second-order valence-corrected chi connectivity index (χ2v) is 5.69. The van der Waals surface area contributed by atoms with E-state index >= 15 is 0 Å². The van der Waals surface area contributed by atoms with E-state index in [1.165, 1.54) is 6.42 Å². The van der Waals surface area contributed by atoms with Gasteiger partial charge in [0.05, 0.1) is 0 Å². The maximum absolute atomic E-state index is 12.1. The number of rotatable bonds is 6. The summed E-state index contributed by atoms with van der Waals surface area (Å²) in [6.45, 7) is 0. The number of hydrogen-bond acceptors (Lipinski definition) is 3. The van der Waals surface area contributed by atoms with E-state index in [0.717, 1.165) is 19.3 Å². The Morgan fingerprint density at radius 1 is 1.26 bits per heavy atom. The largest absolute Gasteiger partial charge is 0.480 e. The molecule has 19 heavy (non-hydrogen) atoms. The third-order valence-electron chi connectivity index (χ3n) is 4.37. The topological polar surface area (TPSA) is 109 Å². The Morgan fingerprint density at radius 3 is 2.47 bits per heavy atom. The maximum Gasteiger partial charge on any atom is 0.326 e. The quantitative estimate of drug-likeness (QED) is 0.641. The monoisotopic (exact) mass is 268 g/mol. The fraction of sp³-hybridized carbons (Fsp3) is 0.769. The van der Waals surface area contributed by atoms with Crippen LogP contribution in [-0.2, 0) is 14.4 Å². The standard InChI is InChI=1S/C13H20N2O4/c14-11(16)4-3-10(13(18)19)15-12(17)9-6-7-1-2-8(9)5-7/h7-10H,1-6H2,(H2,14,16)(H,15,17)(H,18,19)/t7?,8?,9?,10-/m1/s1. The van der Waals surface area contributed by atoms with Crippen molar-refractivity contribution in [3.05, 3.63) is 0 Å². The third-order valence-corrected chi connectivity index (χ3v) is 4.37. The summed E-state index contributed by atoms with van der Waals surface area (Å²) >= 11 is 0. The van der Waals surface area contributed by atoms with Gasteiger partial charge in [0.1, 0.15) is 6.04 Å². The molecule has 2 aliphatic carbocycles. The van der Waals surface area contributed by atoms with Crippen LogP contribution in [0.4, 0.5) is 0 Å². The average Bonchev–Trinajstić information content (AvgIpc) is 2.95. The minimum absolute atomic E-state index is 0.0338. The summed E-state index contributed by atoms with van der Waals surface area (Å²) in [6, 6.07) is -1.01. The molecule has 0 spiro atoms. The van der Waals surface area contributed by atoms with E-state index in [2.05, 4.69) is 5.32 Å². The molecular formula is C13H20N2O4. The minimum Gasteiger partial charge on any atom is -0.480 e. The van der Waals surface area contributed by atoms with Gasteiger partial charge < -0.3 is 16.2 Å². The number of carbonyl (C=O) groups excluding carboxylic acids is 2. The highest BCUT2D eigenvalue weighted by molar-refractivity contribution is 5.86. The van der Waals surface area contributed by atoms with Crippen molar-refractivity contribution in [2.24, 2.45) is 23.5 Å². The smallest absolute Gasteiger partial charge is 0.326 e. The second-order valence-electron chi connectivity index (χ2n) is 5.69. The van der Waals surface area contributed by atoms with Crippen molar-refractivity contribution >= 4 is 17.8 Å². The Labute approximate surface area is 111 Å². The Kier molecular flexibility index (Phi) is 4.07. The molecule has 0 aromatic heterocycles. The summed E-state index contributed by atoms with van der Waals surface area (Å²) < 4.78 is 0. The van der Waals surface area contributed by atoms with Crippen LogP contribution < -0.4 is 11.1 Å². The molecule has 2 rings (SSSR count). The Morgan fingerprint density at radius 2 is 2.00 bits per heavy atom. The first kappa shape index (κ1) is 13.8. The lowest BCUT2D eigenvalue weighted by Gasteiger charge is -2.23. The molecule has 0 heterocycles. The molecular weight excluding hydrogens is 248 g/mol. The fourth-order valence-corrected chi connectivity index (χ4v) is 3.39. The van der Waals surface area contributed by atoms with E-state index in [9.17, 15) is 14.4 Å². The van der Waals surface area contributed by atoms with Gasteiger partial charge >= 0.3 is 5.97 Å². The second kappa shape index (κ2) is 5.59. The van der Waals surface area contributed by atoms with Crippen molar-refractivity contribution in [2.75, 3.05) is 0 Å². The van der Waals surface area contributed by atoms with Gasteiger partial charge in [-0.1, -0.05) is 6.42 Å². The van der Waals surface area contributed by atoms with Gasteiger partial charge in [0.25, 0.3) is 0 Å². The molecule has 3 unspecified atom stereocenters. The van der Waals surface area contributed by atoms with Crippen molar-refractivity contribution in [1.29, 1.82) is 0 Å². The average molecular weight is 268 g/mol. The molecule has 0 saturated heterocycles. The minimum atomic E-state index is -1.11. The summed E-state index contributed by atoms with van der Waals surface area (Å²) in [6.07, 6.45) is 4.25. The fourth-order valence-electron chi connectivity index (χ4n) is 3.39. The Bertz CT molecular complexity index is 396. The van der Waals surface area contributed by atoms with Crippen molar-refractivity contribution in [3.63, 3.8) is 0 Å². The molecule has 2 bridgehead atoms. The van der Waals surface area contributed by atoms with Crippen LogP contribution in [0.2, 0.25) is 0 Å². The van der Waals surface area contributed by atoms with E-state index in [0.29, 0.717) is 11.8 Å². The van der Waals surface area contributed by atoms with Gasteiger partial charge in [0, 0.05) is 12.3 Å².